The van der Waals surface area contributed by atoms with E-state index < -0.39 is 0 Å². The SMILES string of the molecule is CC(C)C(C)C(C)(N)C(C)C. The molecule has 0 bridgehead atoms. The van der Waals surface area contributed by atoms with Crippen LogP contribution < -0.4 is 5.73 Å². The van der Waals surface area contributed by atoms with E-state index in [1.165, 1.54) is 0 Å². The van der Waals surface area contributed by atoms with Crippen molar-refractivity contribution in [3.8, 4) is 0 Å². The summed E-state index contributed by atoms with van der Waals surface area (Å²) in [5.41, 5.74) is 6.18. The van der Waals surface area contributed by atoms with Crippen molar-refractivity contribution in [2.24, 2.45) is 23.5 Å². The van der Waals surface area contributed by atoms with Crippen LogP contribution in [0.15, 0.2) is 0 Å². The number of nitrogens with two attached hydrogens (primary N) is 1. The molecule has 2 unspecified atom stereocenters. The Kier molecular flexibility index (Phi) is 3.56. The highest BCUT2D eigenvalue weighted by molar-refractivity contribution is 4.88. The highest BCUT2D eigenvalue weighted by atomic mass is 14.8. The lowest BCUT2D eigenvalue weighted by molar-refractivity contribution is 0.186. The van der Waals surface area contributed by atoms with Gasteiger partial charge in [0.25, 0.3) is 0 Å². The molecule has 0 aliphatic rings. The largest absolute Gasteiger partial charge is 0.325 e. The third-order valence-electron chi connectivity index (χ3n) is 3.23. The monoisotopic (exact) mass is 157 g/mol. The Morgan fingerprint density at radius 2 is 1.36 bits per heavy atom. The van der Waals surface area contributed by atoms with Crippen LogP contribution in [0, 0.1) is 17.8 Å². The van der Waals surface area contributed by atoms with Crippen molar-refractivity contribution >= 4 is 0 Å². The minimum absolute atomic E-state index is 0.0197. The van der Waals surface area contributed by atoms with E-state index in [9.17, 15) is 0 Å². The first-order valence-corrected chi connectivity index (χ1v) is 4.59. The summed E-state index contributed by atoms with van der Waals surface area (Å²) in [5.74, 6) is 1.81. The zero-order chi connectivity index (χ0) is 9.23. The van der Waals surface area contributed by atoms with Crippen LogP contribution >= 0.6 is 0 Å². The normalized spacial score (nSPS) is 20.5. The fourth-order valence-corrected chi connectivity index (χ4v) is 1.24. The van der Waals surface area contributed by atoms with Crippen molar-refractivity contribution in [1.82, 2.24) is 0 Å². The number of hydrogen-bond acceptors (Lipinski definition) is 1. The van der Waals surface area contributed by atoms with Gasteiger partial charge < -0.3 is 5.73 Å². The van der Waals surface area contributed by atoms with Gasteiger partial charge in [-0.25, -0.2) is 0 Å². The van der Waals surface area contributed by atoms with E-state index in [1.54, 1.807) is 0 Å². The van der Waals surface area contributed by atoms with E-state index in [0.29, 0.717) is 17.8 Å². The minimum Gasteiger partial charge on any atom is -0.325 e. The maximum absolute atomic E-state index is 6.20. The van der Waals surface area contributed by atoms with Crippen molar-refractivity contribution in [1.29, 1.82) is 0 Å². The van der Waals surface area contributed by atoms with Gasteiger partial charge in [0.05, 0.1) is 0 Å². The second kappa shape index (κ2) is 3.57. The summed E-state index contributed by atoms with van der Waals surface area (Å²) >= 11 is 0. The molecule has 2 N–H and O–H groups in total. The second-order valence-corrected chi connectivity index (χ2v) is 4.55. The van der Waals surface area contributed by atoms with E-state index in [4.69, 9.17) is 5.73 Å². The summed E-state index contributed by atoms with van der Waals surface area (Å²) in [6.45, 7) is 13.3. The summed E-state index contributed by atoms with van der Waals surface area (Å²) in [5, 5.41) is 0. The second-order valence-electron chi connectivity index (χ2n) is 4.55. The van der Waals surface area contributed by atoms with Crippen molar-refractivity contribution < 1.29 is 0 Å². The van der Waals surface area contributed by atoms with Crippen LogP contribution in [0.5, 0.6) is 0 Å². The van der Waals surface area contributed by atoms with Gasteiger partial charge in [0.1, 0.15) is 0 Å². The van der Waals surface area contributed by atoms with Crippen molar-refractivity contribution in [3.63, 3.8) is 0 Å². The van der Waals surface area contributed by atoms with Gasteiger partial charge in [-0.2, -0.15) is 0 Å². The van der Waals surface area contributed by atoms with Gasteiger partial charge in [-0.15, -0.1) is 0 Å². The Morgan fingerprint density at radius 3 is 1.45 bits per heavy atom. The molecule has 0 amide bonds. The van der Waals surface area contributed by atoms with Gasteiger partial charge in [0.2, 0.25) is 0 Å². The van der Waals surface area contributed by atoms with Crippen LogP contribution in [-0.2, 0) is 0 Å². The lowest BCUT2D eigenvalue weighted by Gasteiger charge is -2.38. The molecule has 0 saturated heterocycles. The quantitative estimate of drug-likeness (QED) is 0.669. The summed E-state index contributed by atoms with van der Waals surface area (Å²) in [6.07, 6.45) is 0. The van der Waals surface area contributed by atoms with Crippen LogP contribution in [0.1, 0.15) is 41.5 Å². The van der Waals surface area contributed by atoms with Crippen molar-refractivity contribution in [2.45, 2.75) is 47.1 Å². The van der Waals surface area contributed by atoms with Crippen LogP contribution in [0.4, 0.5) is 0 Å². The van der Waals surface area contributed by atoms with Gasteiger partial charge in [-0.3, -0.25) is 0 Å². The molecule has 0 aliphatic heterocycles. The maximum Gasteiger partial charge on any atom is 0.0177 e. The average molecular weight is 157 g/mol. The number of hydrogen-bond donors (Lipinski definition) is 1. The predicted octanol–water partition coefficient (Wildman–Crippen LogP) is 2.65. The summed E-state index contributed by atoms with van der Waals surface area (Å²) in [4.78, 5) is 0. The predicted molar refractivity (Wildman–Crippen MR) is 51.4 cm³/mol. The van der Waals surface area contributed by atoms with Crippen molar-refractivity contribution in [3.05, 3.63) is 0 Å². The molecule has 0 aromatic heterocycles. The van der Waals surface area contributed by atoms with Crippen LogP contribution in [0.25, 0.3) is 0 Å². The fraction of sp³-hybridized carbons (Fsp3) is 1.00. The van der Waals surface area contributed by atoms with Gasteiger partial charge in [0.15, 0.2) is 0 Å². The molecular formula is C10H23N. The fourth-order valence-electron chi connectivity index (χ4n) is 1.24. The first-order valence-electron chi connectivity index (χ1n) is 4.59. The molecule has 68 valence electrons. The Balaban J connectivity index is 4.29. The summed E-state index contributed by atoms with van der Waals surface area (Å²) < 4.78 is 0. The van der Waals surface area contributed by atoms with Crippen LogP contribution in [0.2, 0.25) is 0 Å². The third-order valence-corrected chi connectivity index (χ3v) is 3.23. The van der Waals surface area contributed by atoms with E-state index >= 15 is 0 Å². The maximum atomic E-state index is 6.20. The highest BCUT2D eigenvalue weighted by Crippen LogP contribution is 2.28. The Morgan fingerprint density at radius 1 is 1.00 bits per heavy atom. The van der Waals surface area contributed by atoms with E-state index in [1.807, 2.05) is 0 Å². The molecule has 0 saturated carbocycles. The molecule has 11 heavy (non-hydrogen) atoms. The summed E-state index contributed by atoms with van der Waals surface area (Å²) in [6, 6.07) is 0. The molecule has 2 atom stereocenters. The zero-order valence-corrected chi connectivity index (χ0v) is 8.81. The topological polar surface area (TPSA) is 26.0 Å². The minimum atomic E-state index is -0.0197. The molecule has 0 aromatic rings. The van der Waals surface area contributed by atoms with Crippen molar-refractivity contribution in [2.75, 3.05) is 0 Å². The Hall–Kier alpha value is -0.0400. The summed E-state index contributed by atoms with van der Waals surface area (Å²) in [7, 11) is 0. The molecule has 1 heteroatoms. The van der Waals surface area contributed by atoms with Gasteiger partial charge in [-0.05, 0) is 24.7 Å². The van der Waals surface area contributed by atoms with E-state index in [-0.39, 0.29) is 5.54 Å². The molecule has 0 aliphatic carbocycles. The van der Waals surface area contributed by atoms with Crippen LogP contribution in [0.3, 0.4) is 0 Å². The Bertz CT molecular complexity index is 114. The molecule has 0 heterocycles. The van der Waals surface area contributed by atoms with E-state index in [2.05, 4.69) is 41.5 Å². The molecule has 0 radical (unpaired) electrons. The van der Waals surface area contributed by atoms with Gasteiger partial charge in [-0.1, -0.05) is 34.6 Å². The molecule has 1 nitrogen and oxygen atoms in total. The van der Waals surface area contributed by atoms with Gasteiger partial charge in [0, 0.05) is 5.54 Å². The average Bonchev–Trinajstić information content (AvgIpc) is 1.85. The lowest BCUT2D eigenvalue weighted by Crippen LogP contribution is -2.49. The molecular weight excluding hydrogens is 134 g/mol. The molecule has 0 rings (SSSR count). The standard InChI is InChI=1S/C10H23N/c1-7(2)9(5)10(6,11)8(3)4/h7-9H,11H2,1-6H3. The molecule has 0 aromatic carbocycles. The smallest absolute Gasteiger partial charge is 0.0177 e. The first kappa shape index (κ1) is 11.0. The lowest BCUT2D eigenvalue weighted by atomic mass is 9.73. The Labute approximate surface area is 71.4 Å². The van der Waals surface area contributed by atoms with Gasteiger partial charge >= 0.3 is 0 Å². The molecule has 0 fully saturated rings. The number of rotatable bonds is 3. The highest BCUT2D eigenvalue weighted by Gasteiger charge is 2.31. The molecule has 0 spiro atoms. The zero-order valence-electron chi connectivity index (χ0n) is 8.81. The van der Waals surface area contributed by atoms with Crippen LogP contribution in [-0.4, -0.2) is 5.54 Å². The third kappa shape index (κ3) is 2.48. The van der Waals surface area contributed by atoms with E-state index in [0.717, 1.165) is 0 Å². The first-order chi connectivity index (χ1) is 4.80.